The molecule has 4 aromatic carbocycles. The van der Waals surface area contributed by atoms with Crippen molar-refractivity contribution in [3.63, 3.8) is 0 Å². The molecule has 2 aliphatic rings. The Bertz CT molecular complexity index is 1980. The predicted octanol–water partition coefficient (Wildman–Crippen LogP) is 9.87. The van der Waals surface area contributed by atoms with E-state index in [1.807, 2.05) is 78.9 Å². The van der Waals surface area contributed by atoms with E-state index in [-0.39, 0.29) is 30.3 Å². The van der Waals surface area contributed by atoms with E-state index >= 15 is 0 Å². The Morgan fingerprint density at radius 2 is 1.27 bits per heavy atom. The first-order chi connectivity index (χ1) is 30.2. The van der Waals surface area contributed by atoms with E-state index in [4.69, 9.17) is 24.7 Å². The molecule has 4 aromatic rings. The average molecular weight is 888 g/mol. The number of carbonyl (C=O) groups is 1. The molecule has 0 aliphatic heterocycles. The highest BCUT2D eigenvalue weighted by Gasteiger charge is 2.33. The molecule has 2 atom stereocenters. The smallest absolute Gasteiger partial charge is 0.407 e. The third-order valence-electron chi connectivity index (χ3n) is 11.4. The van der Waals surface area contributed by atoms with Crippen molar-refractivity contribution < 1.29 is 37.3 Å². The van der Waals surface area contributed by atoms with Gasteiger partial charge in [-0.25, -0.2) is 13.2 Å². The minimum absolute atomic E-state index is 0.124. The number of hydrogen-bond acceptors (Lipinski definition) is 9. The number of nitrogens with two attached hydrogens (primary N) is 1. The van der Waals surface area contributed by atoms with Crippen LogP contribution in [0, 0.1) is 18.8 Å². The van der Waals surface area contributed by atoms with Gasteiger partial charge in [0.05, 0.1) is 31.3 Å². The number of alkyl carbamates (subject to hydrolysis) is 1. The second kappa shape index (κ2) is 26.2. The molecule has 0 aromatic heterocycles. The normalized spacial score (nSPS) is 15.7. The summed E-state index contributed by atoms with van der Waals surface area (Å²) in [6.07, 6.45) is 10.5. The summed E-state index contributed by atoms with van der Waals surface area (Å²) in [6.45, 7) is 8.79. The molecule has 2 aliphatic carbocycles. The summed E-state index contributed by atoms with van der Waals surface area (Å²) in [5, 5.41) is 14.5. The molecule has 0 spiro atoms. The quantitative estimate of drug-likeness (QED) is 0.1000. The summed E-state index contributed by atoms with van der Waals surface area (Å²) in [7, 11) is -0.764. The van der Waals surface area contributed by atoms with Crippen LogP contribution in [0.3, 0.4) is 0 Å². The standard InChI is InChI=1S/C36H48N2O7S.C8H10O.C7H15N/c1-36(2,3)45-35(40)37-33(23-27-15-17-31(18-16-27)44-26-29-13-9-6-10-14-29)34(39)25-38(24-28-11-7-5-8-12-28)46(41,42)32-21-19-30(43-4)20-22-32;1-7-3-5-8(9-2)6-4-7;8-6-7-4-2-1-3-5-7/h6,9-10,13-22,28,33-34,39H,5,7-8,11-12,23-26H2,1-4H3,(H,37,40);3-6H,1-2H3;7H,1-6,8H2/t33-,34+;;/m0../s1. The first-order valence-electron chi connectivity index (χ1n) is 22.6. The van der Waals surface area contributed by atoms with Gasteiger partial charge in [0.25, 0.3) is 0 Å². The molecule has 2 fully saturated rings. The van der Waals surface area contributed by atoms with E-state index in [0.717, 1.165) is 61.4 Å². The molecule has 0 heterocycles. The Morgan fingerprint density at radius 3 is 1.78 bits per heavy atom. The molecule has 0 unspecified atom stereocenters. The van der Waals surface area contributed by atoms with E-state index in [1.165, 1.54) is 61.2 Å². The summed E-state index contributed by atoms with van der Waals surface area (Å²) in [4.78, 5) is 13.0. The largest absolute Gasteiger partial charge is 0.497 e. The van der Waals surface area contributed by atoms with E-state index in [1.54, 1.807) is 40.0 Å². The van der Waals surface area contributed by atoms with E-state index in [9.17, 15) is 18.3 Å². The first-order valence-corrected chi connectivity index (χ1v) is 24.0. The van der Waals surface area contributed by atoms with Gasteiger partial charge in [-0.2, -0.15) is 4.31 Å². The molecule has 0 bridgehead atoms. The molecule has 0 radical (unpaired) electrons. The van der Waals surface area contributed by atoms with Crippen LogP contribution in [0.15, 0.2) is 108 Å². The molecule has 4 N–H and O–H groups in total. The van der Waals surface area contributed by atoms with Crippen molar-refractivity contribution in [3.05, 3.63) is 120 Å². The van der Waals surface area contributed by atoms with Gasteiger partial charge in [0, 0.05) is 13.1 Å². The number of hydrogen-bond donors (Lipinski definition) is 3. The monoisotopic (exact) mass is 888 g/mol. The Hall–Kier alpha value is -4.62. The number of carbonyl (C=O) groups excluding carboxylic acids is 1. The minimum atomic E-state index is -3.96. The highest BCUT2D eigenvalue weighted by atomic mass is 32.2. The molecule has 11 nitrogen and oxygen atoms in total. The van der Waals surface area contributed by atoms with Crippen molar-refractivity contribution in [3.8, 4) is 17.2 Å². The van der Waals surface area contributed by atoms with E-state index in [2.05, 4.69) is 12.2 Å². The van der Waals surface area contributed by atoms with Gasteiger partial charge in [0.15, 0.2) is 0 Å². The minimum Gasteiger partial charge on any atom is -0.497 e. The number of amides is 1. The van der Waals surface area contributed by atoms with Crippen molar-refractivity contribution in [2.75, 3.05) is 33.9 Å². The average Bonchev–Trinajstić information content (AvgIpc) is 3.29. The predicted molar refractivity (Wildman–Crippen MR) is 252 cm³/mol. The fourth-order valence-corrected chi connectivity index (χ4v) is 9.25. The van der Waals surface area contributed by atoms with Gasteiger partial charge in [-0.1, -0.05) is 98.7 Å². The van der Waals surface area contributed by atoms with Crippen LogP contribution in [0.4, 0.5) is 4.79 Å². The lowest BCUT2D eigenvalue weighted by Crippen LogP contribution is -2.52. The lowest BCUT2D eigenvalue weighted by Gasteiger charge is -2.33. The second-order valence-corrected chi connectivity index (χ2v) is 19.6. The number of aryl methyl sites for hydroxylation is 1. The fraction of sp³-hybridized carbons (Fsp3) is 0.510. The van der Waals surface area contributed by atoms with Crippen LogP contribution in [-0.4, -0.2) is 75.5 Å². The summed E-state index contributed by atoms with van der Waals surface area (Å²) in [6, 6.07) is 30.7. The molecule has 12 heteroatoms. The lowest BCUT2D eigenvalue weighted by molar-refractivity contribution is 0.0397. The van der Waals surface area contributed by atoms with Gasteiger partial charge in [-0.05, 0) is 138 Å². The molecular formula is C51H73N3O8S. The number of ether oxygens (including phenoxy) is 4. The van der Waals surface area contributed by atoms with Crippen molar-refractivity contribution in [1.82, 2.24) is 9.62 Å². The van der Waals surface area contributed by atoms with Crippen molar-refractivity contribution in [2.45, 2.75) is 128 Å². The number of methoxy groups -OCH3 is 2. The van der Waals surface area contributed by atoms with Gasteiger partial charge >= 0.3 is 6.09 Å². The summed E-state index contributed by atoms with van der Waals surface area (Å²) in [5.74, 6) is 3.21. The molecule has 346 valence electrons. The van der Waals surface area contributed by atoms with Crippen LogP contribution in [0.5, 0.6) is 17.2 Å². The second-order valence-electron chi connectivity index (χ2n) is 17.7. The van der Waals surface area contributed by atoms with Crippen LogP contribution in [0.1, 0.15) is 102 Å². The van der Waals surface area contributed by atoms with E-state index < -0.39 is 33.9 Å². The number of aliphatic hydroxyl groups is 1. The number of aliphatic hydroxyl groups excluding tert-OH is 1. The first kappa shape index (κ1) is 51.0. The molecule has 0 saturated heterocycles. The number of sulfonamides is 1. The molecule has 6 rings (SSSR count). The topological polar surface area (TPSA) is 150 Å². The Morgan fingerprint density at radius 1 is 0.746 bits per heavy atom. The summed E-state index contributed by atoms with van der Waals surface area (Å²) in [5.41, 5.74) is 7.91. The zero-order valence-electron chi connectivity index (χ0n) is 38.5. The zero-order valence-corrected chi connectivity index (χ0v) is 39.3. The van der Waals surface area contributed by atoms with Crippen molar-refractivity contribution >= 4 is 16.1 Å². The van der Waals surface area contributed by atoms with E-state index in [0.29, 0.717) is 18.1 Å². The Kier molecular flexibility index (Phi) is 21.2. The highest BCUT2D eigenvalue weighted by molar-refractivity contribution is 7.89. The van der Waals surface area contributed by atoms with Gasteiger partial charge in [0.1, 0.15) is 29.5 Å². The maximum Gasteiger partial charge on any atom is 0.407 e. The van der Waals surface area contributed by atoms with Gasteiger partial charge in [-0.3, -0.25) is 0 Å². The van der Waals surface area contributed by atoms with Crippen molar-refractivity contribution in [1.29, 1.82) is 0 Å². The molecule has 2 saturated carbocycles. The van der Waals surface area contributed by atoms with Gasteiger partial charge in [-0.15, -0.1) is 0 Å². The summed E-state index contributed by atoms with van der Waals surface area (Å²) < 4.78 is 51.0. The van der Waals surface area contributed by atoms with Crippen LogP contribution in [-0.2, 0) is 27.8 Å². The third kappa shape index (κ3) is 18.6. The molecule has 1 amide bonds. The SMILES string of the molecule is COc1ccc(C)cc1.COc1ccc(S(=O)(=O)N(CC2CCCCC2)C[C@@H](O)[C@H](Cc2ccc(OCc3ccccc3)cc2)NC(=O)OC(C)(C)C)cc1.NCC1CCCCC1. The van der Waals surface area contributed by atoms with Crippen molar-refractivity contribution in [2.24, 2.45) is 17.6 Å². The zero-order chi connectivity index (χ0) is 45.7. The fourth-order valence-electron chi connectivity index (χ4n) is 7.72. The van der Waals surface area contributed by atoms with Crippen LogP contribution >= 0.6 is 0 Å². The Labute approximate surface area is 377 Å². The Balaban J connectivity index is 0.000000422. The number of benzene rings is 4. The number of rotatable bonds is 16. The highest BCUT2D eigenvalue weighted by Crippen LogP contribution is 2.28. The third-order valence-corrected chi connectivity index (χ3v) is 13.2. The van der Waals surface area contributed by atoms with Crippen LogP contribution < -0.4 is 25.3 Å². The van der Waals surface area contributed by atoms with Gasteiger partial charge < -0.3 is 35.1 Å². The maximum absolute atomic E-state index is 14.0. The maximum atomic E-state index is 14.0. The molecular weight excluding hydrogens is 815 g/mol. The summed E-state index contributed by atoms with van der Waals surface area (Å²) >= 11 is 0. The lowest BCUT2D eigenvalue weighted by atomic mass is 9.89. The number of nitrogens with one attached hydrogen (secondary N) is 1. The van der Waals surface area contributed by atoms with Gasteiger partial charge in [0.2, 0.25) is 10.0 Å². The molecule has 63 heavy (non-hydrogen) atoms. The van der Waals surface area contributed by atoms with Crippen LogP contribution in [0.2, 0.25) is 0 Å². The number of nitrogens with zero attached hydrogens (tertiary/aromatic N) is 1. The van der Waals surface area contributed by atoms with Crippen LogP contribution in [0.25, 0.3) is 0 Å².